The van der Waals surface area contributed by atoms with Crippen molar-refractivity contribution >= 4 is 11.9 Å². The Labute approximate surface area is 69.3 Å². The summed E-state index contributed by atoms with van der Waals surface area (Å²) in [5.41, 5.74) is -1.70. The molecule has 0 bridgehead atoms. The third-order valence-corrected chi connectivity index (χ3v) is 1.71. The van der Waals surface area contributed by atoms with E-state index in [0.29, 0.717) is 0 Å². The zero-order chi connectivity index (χ0) is 9.35. The van der Waals surface area contributed by atoms with Crippen molar-refractivity contribution < 1.29 is 24.2 Å². The molecule has 1 fully saturated rings. The van der Waals surface area contributed by atoms with Gasteiger partial charge in [0, 0.05) is 6.92 Å². The van der Waals surface area contributed by atoms with Gasteiger partial charge < -0.3 is 14.6 Å². The number of hydrogen-bond donors (Lipinski definition) is 1. The summed E-state index contributed by atoms with van der Waals surface area (Å²) in [7, 11) is 0. The lowest BCUT2D eigenvalue weighted by atomic mass is 10.0. The highest BCUT2D eigenvalue weighted by atomic mass is 16.6. The monoisotopic (exact) mass is 174 g/mol. The number of carbonyl (C=O) groups is 2. The molecule has 0 aliphatic carbocycles. The SMILES string of the molecule is CC(=O)O[C@@H]1COC(=O)[C@]1(C)O. The molecule has 2 atom stereocenters. The van der Waals surface area contributed by atoms with Crippen LogP contribution in [0.2, 0.25) is 0 Å². The molecule has 1 aliphatic heterocycles. The first-order valence-electron chi connectivity index (χ1n) is 3.51. The Bertz CT molecular complexity index is 220. The van der Waals surface area contributed by atoms with Crippen molar-refractivity contribution in [3.05, 3.63) is 0 Å². The summed E-state index contributed by atoms with van der Waals surface area (Å²) in [6.07, 6.45) is -0.887. The summed E-state index contributed by atoms with van der Waals surface area (Å²) >= 11 is 0. The van der Waals surface area contributed by atoms with Crippen molar-refractivity contribution in [3.8, 4) is 0 Å². The van der Waals surface area contributed by atoms with Gasteiger partial charge in [-0.1, -0.05) is 0 Å². The maximum Gasteiger partial charge on any atom is 0.342 e. The van der Waals surface area contributed by atoms with Crippen molar-refractivity contribution in [1.82, 2.24) is 0 Å². The zero-order valence-corrected chi connectivity index (χ0v) is 6.86. The van der Waals surface area contributed by atoms with Crippen LogP contribution in [-0.4, -0.2) is 35.4 Å². The van der Waals surface area contributed by atoms with Crippen LogP contribution < -0.4 is 0 Å². The highest BCUT2D eigenvalue weighted by Crippen LogP contribution is 2.22. The fraction of sp³-hybridized carbons (Fsp3) is 0.714. The summed E-state index contributed by atoms with van der Waals surface area (Å²) < 4.78 is 9.18. The number of ether oxygens (including phenoxy) is 2. The normalized spacial score (nSPS) is 34.6. The summed E-state index contributed by atoms with van der Waals surface area (Å²) in [5.74, 6) is -1.30. The van der Waals surface area contributed by atoms with Crippen molar-refractivity contribution in [2.45, 2.75) is 25.6 Å². The Morgan fingerprint density at radius 3 is 2.75 bits per heavy atom. The number of esters is 2. The molecule has 0 aromatic rings. The first-order valence-corrected chi connectivity index (χ1v) is 3.51. The molecule has 5 heteroatoms. The highest BCUT2D eigenvalue weighted by Gasteiger charge is 2.49. The van der Waals surface area contributed by atoms with Crippen molar-refractivity contribution in [2.75, 3.05) is 6.61 Å². The van der Waals surface area contributed by atoms with Gasteiger partial charge in [-0.2, -0.15) is 0 Å². The lowest BCUT2D eigenvalue weighted by Crippen LogP contribution is -2.43. The summed E-state index contributed by atoms with van der Waals surface area (Å²) in [5, 5.41) is 9.42. The van der Waals surface area contributed by atoms with E-state index in [2.05, 4.69) is 9.47 Å². The van der Waals surface area contributed by atoms with Crippen LogP contribution >= 0.6 is 0 Å². The Balaban J connectivity index is 2.68. The van der Waals surface area contributed by atoms with E-state index >= 15 is 0 Å². The molecule has 1 heterocycles. The van der Waals surface area contributed by atoms with Gasteiger partial charge >= 0.3 is 11.9 Å². The lowest BCUT2D eigenvalue weighted by Gasteiger charge is -2.19. The fourth-order valence-electron chi connectivity index (χ4n) is 0.940. The molecule has 12 heavy (non-hydrogen) atoms. The first-order chi connectivity index (χ1) is 5.44. The Morgan fingerprint density at radius 1 is 1.83 bits per heavy atom. The van der Waals surface area contributed by atoms with Gasteiger partial charge in [-0.05, 0) is 6.92 Å². The second-order valence-electron chi connectivity index (χ2n) is 2.84. The molecule has 0 aromatic carbocycles. The second-order valence-corrected chi connectivity index (χ2v) is 2.84. The van der Waals surface area contributed by atoms with E-state index in [1.54, 1.807) is 0 Å². The molecule has 5 nitrogen and oxygen atoms in total. The van der Waals surface area contributed by atoms with Gasteiger partial charge in [-0.15, -0.1) is 0 Å². The smallest absolute Gasteiger partial charge is 0.342 e. The van der Waals surface area contributed by atoms with E-state index in [0.717, 1.165) is 0 Å². The molecule has 0 aromatic heterocycles. The van der Waals surface area contributed by atoms with Crippen LogP contribution in [0.3, 0.4) is 0 Å². The van der Waals surface area contributed by atoms with Crippen LogP contribution in [0.4, 0.5) is 0 Å². The van der Waals surface area contributed by atoms with Crippen LogP contribution in [0.25, 0.3) is 0 Å². The van der Waals surface area contributed by atoms with E-state index in [-0.39, 0.29) is 6.61 Å². The quantitative estimate of drug-likeness (QED) is 0.528. The van der Waals surface area contributed by atoms with Crippen molar-refractivity contribution in [1.29, 1.82) is 0 Å². The topological polar surface area (TPSA) is 72.8 Å². The van der Waals surface area contributed by atoms with Gasteiger partial charge in [-0.25, -0.2) is 4.79 Å². The largest absolute Gasteiger partial charge is 0.459 e. The minimum atomic E-state index is -1.70. The van der Waals surface area contributed by atoms with Gasteiger partial charge in [-0.3, -0.25) is 4.79 Å². The molecule has 1 N–H and O–H groups in total. The highest BCUT2D eigenvalue weighted by molar-refractivity contribution is 5.82. The van der Waals surface area contributed by atoms with Crippen LogP contribution in [0.15, 0.2) is 0 Å². The molecule has 0 unspecified atom stereocenters. The first kappa shape index (κ1) is 8.99. The van der Waals surface area contributed by atoms with Crippen LogP contribution in [-0.2, 0) is 19.1 Å². The maximum atomic E-state index is 10.8. The van der Waals surface area contributed by atoms with Crippen molar-refractivity contribution in [2.24, 2.45) is 0 Å². The van der Waals surface area contributed by atoms with Gasteiger partial charge in [0.2, 0.25) is 0 Å². The molecular weight excluding hydrogens is 164 g/mol. The Kier molecular flexibility index (Phi) is 2.06. The maximum absolute atomic E-state index is 10.8. The van der Waals surface area contributed by atoms with E-state index in [1.807, 2.05) is 0 Å². The molecule has 0 saturated carbocycles. The lowest BCUT2D eigenvalue weighted by molar-refractivity contribution is -0.161. The van der Waals surface area contributed by atoms with E-state index < -0.39 is 23.6 Å². The third kappa shape index (κ3) is 1.40. The molecule has 1 rings (SSSR count). The van der Waals surface area contributed by atoms with E-state index in [1.165, 1.54) is 13.8 Å². The van der Waals surface area contributed by atoms with Crippen molar-refractivity contribution in [3.63, 3.8) is 0 Å². The predicted molar refractivity (Wildman–Crippen MR) is 37.1 cm³/mol. The summed E-state index contributed by atoms with van der Waals surface area (Å²) in [6.45, 7) is 2.39. The van der Waals surface area contributed by atoms with Gasteiger partial charge in [0.15, 0.2) is 11.7 Å². The zero-order valence-electron chi connectivity index (χ0n) is 6.86. The molecule has 68 valence electrons. The Morgan fingerprint density at radius 2 is 2.42 bits per heavy atom. The predicted octanol–water partition coefficient (Wildman–Crippen LogP) is -0.774. The van der Waals surface area contributed by atoms with Gasteiger partial charge in [0.25, 0.3) is 0 Å². The second kappa shape index (κ2) is 2.75. The van der Waals surface area contributed by atoms with E-state index in [4.69, 9.17) is 0 Å². The average molecular weight is 174 g/mol. The number of hydrogen-bond acceptors (Lipinski definition) is 5. The third-order valence-electron chi connectivity index (χ3n) is 1.71. The molecular formula is C7H10O5. The number of aliphatic hydroxyl groups is 1. The number of carbonyl (C=O) groups excluding carboxylic acids is 2. The molecule has 0 amide bonds. The minimum absolute atomic E-state index is 0.0780. The Hall–Kier alpha value is -1.10. The molecule has 0 spiro atoms. The minimum Gasteiger partial charge on any atom is -0.459 e. The summed E-state index contributed by atoms with van der Waals surface area (Å²) in [4.78, 5) is 21.3. The number of rotatable bonds is 1. The van der Waals surface area contributed by atoms with Gasteiger partial charge in [0.05, 0.1) is 0 Å². The fourth-order valence-corrected chi connectivity index (χ4v) is 0.940. The molecule has 0 radical (unpaired) electrons. The molecule has 1 aliphatic rings. The standard InChI is InChI=1S/C7H10O5/c1-4(8)12-5-3-11-6(9)7(5,2)10/h5,10H,3H2,1-2H3/t5-,7-/m1/s1. The summed E-state index contributed by atoms with van der Waals surface area (Å²) in [6, 6.07) is 0. The number of cyclic esters (lactones) is 1. The van der Waals surface area contributed by atoms with E-state index in [9.17, 15) is 14.7 Å². The van der Waals surface area contributed by atoms with Crippen LogP contribution in [0.5, 0.6) is 0 Å². The van der Waals surface area contributed by atoms with Crippen LogP contribution in [0, 0.1) is 0 Å². The van der Waals surface area contributed by atoms with Gasteiger partial charge in [0.1, 0.15) is 6.61 Å². The van der Waals surface area contributed by atoms with Crippen LogP contribution in [0.1, 0.15) is 13.8 Å². The average Bonchev–Trinajstić information content (AvgIpc) is 2.15. The molecule has 1 saturated heterocycles.